The minimum Gasteiger partial charge on any atom is -0.469 e. The Bertz CT molecular complexity index is 759. The minimum atomic E-state index is -2.83. The summed E-state index contributed by atoms with van der Waals surface area (Å²) < 4.78 is 35.3. The molecule has 1 aliphatic heterocycles. The lowest BCUT2D eigenvalue weighted by Gasteiger charge is -2.22. The van der Waals surface area contributed by atoms with Crippen LogP contribution in [0, 0.1) is 0 Å². The first kappa shape index (κ1) is 23.2. The van der Waals surface area contributed by atoms with Crippen LogP contribution in [0.25, 0.3) is 0 Å². The van der Waals surface area contributed by atoms with E-state index < -0.39 is 6.61 Å². The smallest absolute Gasteiger partial charge is 0.387 e. The first-order valence-electron chi connectivity index (χ1n) is 9.51. The van der Waals surface area contributed by atoms with E-state index in [2.05, 4.69) is 25.3 Å². The van der Waals surface area contributed by atoms with Gasteiger partial charge in [0.1, 0.15) is 11.5 Å². The number of aliphatic imine (C=N–C) groups is 1. The van der Waals surface area contributed by atoms with Crippen LogP contribution >= 0.6 is 24.0 Å². The van der Waals surface area contributed by atoms with Crippen LogP contribution < -0.4 is 20.3 Å². The minimum absolute atomic E-state index is 0. The molecular formula is C20H27F2IN4O2. The molecule has 1 fully saturated rings. The van der Waals surface area contributed by atoms with Gasteiger partial charge in [0.2, 0.25) is 0 Å². The summed E-state index contributed by atoms with van der Waals surface area (Å²) in [6, 6.07) is 10.9. The predicted molar refractivity (Wildman–Crippen MR) is 121 cm³/mol. The molecule has 0 spiro atoms. The van der Waals surface area contributed by atoms with Gasteiger partial charge in [-0.1, -0.05) is 12.1 Å². The van der Waals surface area contributed by atoms with Crippen molar-refractivity contribution in [2.24, 2.45) is 4.99 Å². The van der Waals surface area contributed by atoms with Crippen LogP contribution in [0.4, 0.5) is 14.5 Å². The third kappa shape index (κ3) is 7.06. The highest BCUT2D eigenvalue weighted by Gasteiger charge is 2.26. The normalized spacial score (nSPS) is 16.6. The topological polar surface area (TPSA) is 62.0 Å². The van der Waals surface area contributed by atoms with Gasteiger partial charge in [0, 0.05) is 38.6 Å². The highest BCUT2D eigenvalue weighted by Crippen LogP contribution is 2.31. The molecule has 1 aromatic carbocycles. The summed E-state index contributed by atoms with van der Waals surface area (Å²) >= 11 is 0. The number of anilines is 1. The van der Waals surface area contributed by atoms with Crippen molar-refractivity contribution in [3.63, 3.8) is 0 Å². The molecule has 0 saturated carbocycles. The number of para-hydroxylation sites is 2. The van der Waals surface area contributed by atoms with Crippen molar-refractivity contribution in [2.45, 2.75) is 32.4 Å². The van der Waals surface area contributed by atoms with Crippen molar-refractivity contribution in [2.75, 3.05) is 31.1 Å². The SMILES string of the molecule is CCNC(=NCCc1ccco1)NC1CCN(c2ccccc2OC(F)F)C1.I. The maximum absolute atomic E-state index is 12.7. The zero-order chi connectivity index (χ0) is 19.8. The van der Waals surface area contributed by atoms with Gasteiger partial charge in [0.05, 0.1) is 12.0 Å². The maximum Gasteiger partial charge on any atom is 0.387 e. The summed E-state index contributed by atoms with van der Waals surface area (Å²) in [5.41, 5.74) is 0.687. The molecule has 6 nitrogen and oxygen atoms in total. The number of rotatable bonds is 8. The van der Waals surface area contributed by atoms with Crippen molar-refractivity contribution >= 4 is 35.6 Å². The molecule has 0 aliphatic carbocycles. The predicted octanol–water partition coefficient (Wildman–Crippen LogP) is 3.88. The number of guanidine groups is 1. The molecule has 3 rings (SSSR count). The van der Waals surface area contributed by atoms with Crippen LogP contribution in [0.3, 0.4) is 0 Å². The summed E-state index contributed by atoms with van der Waals surface area (Å²) in [5, 5.41) is 6.68. The Labute approximate surface area is 186 Å². The van der Waals surface area contributed by atoms with Gasteiger partial charge in [-0.3, -0.25) is 4.99 Å². The van der Waals surface area contributed by atoms with E-state index in [9.17, 15) is 8.78 Å². The molecule has 1 aliphatic rings. The van der Waals surface area contributed by atoms with Crippen molar-refractivity contribution in [3.8, 4) is 5.75 Å². The molecule has 1 unspecified atom stereocenters. The fraction of sp³-hybridized carbons (Fsp3) is 0.450. The van der Waals surface area contributed by atoms with E-state index >= 15 is 0 Å². The third-order valence-electron chi connectivity index (χ3n) is 4.50. The molecule has 0 amide bonds. The van der Waals surface area contributed by atoms with Crippen molar-refractivity contribution in [1.82, 2.24) is 10.6 Å². The van der Waals surface area contributed by atoms with E-state index in [1.165, 1.54) is 0 Å². The van der Waals surface area contributed by atoms with Crippen LogP contribution in [-0.4, -0.2) is 44.8 Å². The third-order valence-corrected chi connectivity index (χ3v) is 4.50. The summed E-state index contributed by atoms with van der Waals surface area (Å²) in [6.07, 6.45) is 3.27. The van der Waals surface area contributed by atoms with Gasteiger partial charge >= 0.3 is 6.61 Å². The Morgan fingerprint density at radius 1 is 1.31 bits per heavy atom. The van der Waals surface area contributed by atoms with Gasteiger partial charge < -0.3 is 24.7 Å². The molecule has 0 bridgehead atoms. The summed E-state index contributed by atoms with van der Waals surface area (Å²) in [7, 11) is 0. The molecule has 0 radical (unpaired) electrons. The monoisotopic (exact) mass is 520 g/mol. The second kappa shape index (κ2) is 11.8. The number of nitrogens with one attached hydrogen (secondary N) is 2. The summed E-state index contributed by atoms with van der Waals surface area (Å²) in [4.78, 5) is 6.66. The van der Waals surface area contributed by atoms with Crippen molar-refractivity contribution in [1.29, 1.82) is 0 Å². The average molecular weight is 520 g/mol. The van der Waals surface area contributed by atoms with Crippen molar-refractivity contribution < 1.29 is 17.9 Å². The molecule has 1 saturated heterocycles. The van der Waals surface area contributed by atoms with E-state index in [1.54, 1.807) is 18.4 Å². The fourth-order valence-electron chi connectivity index (χ4n) is 3.26. The Balaban J connectivity index is 0.00000300. The summed E-state index contributed by atoms with van der Waals surface area (Å²) in [6.45, 7) is 2.00. The van der Waals surface area contributed by atoms with E-state index in [1.807, 2.05) is 31.2 Å². The molecular weight excluding hydrogens is 493 g/mol. The number of hydrogen-bond donors (Lipinski definition) is 2. The van der Waals surface area contributed by atoms with Gasteiger partial charge in [-0.2, -0.15) is 8.78 Å². The molecule has 9 heteroatoms. The zero-order valence-corrected chi connectivity index (χ0v) is 18.6. The molecule has 2 N–H and O–H groups in total. The summed E-state index contributed by atoms with van der Waals surface area (Å²) in [5.74, 6) is 1.86. The molecule has 2 aromatic rings. The van der Waals surface area contributed by atoms with Crippen LogP contribution in [0.15, 0.2) is 52.1 Å². The lowest BCUT2D eigenvalue weighted by molar-refractivity contribution is -0.0495. The second-order valence-electron chi connectivity index (χ2n) is 6.51. The van der Waals surface area contributed by atoms with Gasteiger partial charge in [-0.15, -0.1) is 24.0 Å². The Morgan fingerprint density at radius 2 is 2.14 bits per heavy atom. The zero-order valence-electron chi connectivity index (χ0n) is 16.3. The number of hydrogen-bond acceptors (Lipinski definition) is 4. The van der Waals surface area contributed by atoms with Gasteiger partial charge in [-0.05, 0) is 37.6 Å². The van der Waals surface area contributed by atoms with Gasteiger partial charge in [0.15, 0.2) is 5.96 Å². The first-order valence-corrected chi connectivity index (χ1v) is 9.51. The van der Waals surface area contributed by atoms with E-state index in [0.717, 1.165) is 37.7 Å². The quantitative estimate of drug-likeness (QED) is 0.315. The molecule has 1 atom stereocenters. The fourth-order valence-corrected chi connectivity index (χ4v) is 3.26. The van der Waals surface area contributed by atoms with E-state index in [4.69, 9.17) is 4.42 Å². The number of nitrogens with zero attached hydrogens (tertiary/aromatic N) is 2. The van der Waals surface area contributed by atoms with Crippen LogP contribution in [0.5, 0.6) is 5.75 Å². The van der Waals surface area contributed by atoms with Crippen molar-refractivity contribution in [3.05, 3.63) is 48.4 Å². The maximum atomic E-state index is 12.7. The standard InChI is InChI=1S/C20H26F2N4O2.HI/c1-2-23-20(24-11-9-16-6-5-13-27-16)25-15-10-12-26(14-15)17-7-3-4-8-18(17)28-19(21)22;/h3-8,13,15,19H,2,9-12,14H2,1H3,(H2,23,24,25);1H. The van der Waals surface area contributed by atoms with Crippen LogP contribution in [0.1, 0.15) is 19.1 Å². The molecule has 2 heterocycles. The van der Waals surface area contributed by atoms with Crippen LogP contribution in [0.2, 0.25) is 0 Å². The Morgan fingerprint density at radius 3 is 2.86 bits per heavy atom. The van der Waals surface area contributed by atoms with E-state index in [0.29, 0.717) is 18.8 Å². The van der Waals surface area contributed by atoms with Crippen LogP contribution in [-0.2, 0) is 6.42 Å². The number of alkyl halides is 2. The number of benzene rings is 1. The lowest BCUT2D eigenvalue weighted by Crippen LogP contribution is -2.44. The number of halogens is 3. The largest absolute Gasteiger partial charge is 0.469 e. The molecule has 1 aromatic heterocycles. The Kier molecular flexibility index (Phi) is 9.49. The average Bonchev–Trinajstić information content (AvgIpc) is 3.34. The van der Waals surface area contributed by atoms with Gasteiger partial charge in [-0.25, -0.2) is 0 Å². The Hall–Kier alpha value is -2.04. The van der Waals surface area contributed by atoms with E-state index in [-0.39, 0.29) is 35.8 Å². The highest BCUT2D eigenvalue weighted by atomic mass is 127. The molecule has 29 heavy (non-hydrogen) atoms. The number of furan rings is 1. The highest BCUT2D eigenvalue weighted by molar-refractivity contribution is 14.0. The first-order chi connectivity index (χ1) is 13.7. The molecule has 160 valence electrons. The lowest BCUT2D eigenvalue weighted by atomic mass is 10.2. The second-order valence-corrected chi connectivity index (χ2v) is 6.51. The number of ether oxygens (including phenoxy) is 1. The van der Waals surface area contributed by atoms with Gasteiger partial charge in [0.25, 0.3) is 0 Å².